The molecule has 0 saturated heterocycles. The molecule has 0 atom stereocenters. The molecule has 0 unspecified atom stereocenters. The van der Waals surface area contributed by atoms with Gasteiger partial charge < -0.3 is 4.74 Å². The van der Waals surface area contributed by atoms with Crippen LogP contribution >= 0.6 is 0 Å². The van der Waals surface area contributed by atoms with Gasteiger partial charge in [0.25, 0.3) is 0 Å². The van der Waals surface area contributed by atoms with E-state index in [1.807, 2.05) is 52.0 Å². The fourth-order valence-electron chi connectivity index (χ4n) is 1.13. The second-order valence-electron chi connectivity index (χ2n) is 4.59. The van der Waals surface area contributed by atoms with Gasteiger partial charge in [0.2, 0.25) is 0 Å². The summed E-state index contributed by atoms with van der Waals surface area (Å²) in [6.45, 7) is 7.58. The average Bonchev–Trinajstić information content (AvgIpc) is 2.05. The summed E-state index contributed by atoms with van der Waals surface area (Å²) in [5.74, 6) is -0.300. The minimum absolute atomic E-state index is 0.300. The van der Waals surface area contributed by atoms with Crippen molar-refractivity contribution in [2.24, 2.45) is 0 Å². The SMILES string of the molecule is Cc1ccc([CH]C(=O)OC(C)(C)C)cc1. The first kappa shape index (κ1) is 11.8. The van der Waals surface area contributed by atoms with Crippen molar-refractivity contribution >= 4 is 5.97 Å². The molecular weight excluding hydrogens is 188 g/mol. The molecule has 1 rings (SSSR count). The molecule has 1 aromatic carbocycles. The van der Waals surface area contributed by atoms with Gasteiger partial charge in [-0.1, -0.05) is 29.8 Å². The zero-order valence-electron chi connectivity index (χ0n) is 9.70. The van der Waals surface area contributed by atoms with Crippen LogP contribution in [0.25, 0.3) is 0 Å². The van der Waals surface area contributed by atoms with Crippen molar-refractivity contribution in [1.29, 1.82) is 0 Å². The zero-order chi connectivity index (χ0) is 11.5. The van der Waals surface area contributed by atoms with Crippen molar-refractivity contribution in [3.63, 3.8) is 0 Å². The van der Waals surface area contributed by atoms with E-state index in [1.54, 1.807) is 0 Å². The van der Waals surface area contributed by atoms with Crippen LogP contribution in [0.15, 0.2) is 24.3 Å². The number of esters is 1. The zero-order valence-corrected chi connectivity index (χ0v) is 9.70. The van der Waals surface area contributed by atoms with Gasteiger partial charge in [0, 0.05) is 0 Å². The first-order chi connectivity index (χ1) is 6.87. The van der Waals surface area contributed by atoms with Gasteiger partial charge in [0.1, 0.15) is 5.60 Å². The topological polar surface area (TPSA) is 26.3 Å². The lowest BCUT2D eigenvalue weighted by Gasteiger charge is -2.19. The molecule has 0 N–H and O–H groups in total. The molecule has 0 aliphatic carbocycles. The summed E-state index contributed by atoms with van der Waals surface area (Å²) in [6.07, 6.45) is 1.50. The maximum absolute atomic E-state index is 11.4. The predicted molar refractivity (Wildman–Crippen MR) is 60.4 cm³/mol. The largest absolute Gasteiger partial charge is 0.459 e. The Labute approximate surface area is 91.3 Å². The summed E-state index contributed by atoms with van der Waals surface area (Å²) in [7, 11) is 0. The van der Waals surface area contributed by atoms with Gasteiger partial charge >= 0.3 is 5.97 Å². The van der Waals surface area contributed by atoms with Crippen LogP contribution in [0.4, 0.5) is 0 Å². The number of hydrogen-bond acceptors (Lipinski definition) is 2. The van der Waals surface area contributed by atoms with E-state index < -0.39 is 5.60 Å². The maximum atomic E-state index is 11.4. The van der Waals surface area contributed by atoms with Crippen LogP contribution in [0.5, 0.6) is 0 Å². The van der Waals surface area contributed by atoms with Crippen molar-refractivity contribution in [3.8, 4) is 0 Å². The van der Waals surface area contributed by atoms with E-state index in [9.17, 15) is 4.79 Å². The third-order valence-electron chi connectivity index (χ3n) is 1.77. The van der Waals surface area contributed by atoms with Gasteiger partial charge in [-0.05, 0) is 33.3 Å². The number of carbonyl (C=O) groups is 1. The van der Waals surface area contributed by atoms with Crippen LogP contribution in [-0.4, -0.2) is 11.6 Å². The number of aryl methyl sites for hydroxylation is 1. The van der Waals surface area contributed by atoms with Crippen molar-refractivity contribution in [2.45, 2.75) is 33.3 Å². The van der Waals surface area contributed by atoms with Crippen molar-refractivity contribution < 1.29 is 9.53 Å². The second kappa shape index (κ2) is 4.47. The van der Waals surface area contributed by atoms with Crippen LogP contribution in [0.2, 0.25) is 0 Å². The molecule has 2 heteroatoms. The van der Waals surface area contributed by atoms with Gasteiger partial charge in [-0.25, -0.2) is 0 Å². The van der Waals surface area contributed by atoms with Gasteiger partial charge in [-0.15, -0.1) is 0 Å². The highest BCUT2D eigenvalue weighted by atomic mass is 16.6. The summed E-state index contributed by atoms with van der Waals surface area (Å²) in [5.41, 5.74) is 1.62. The third-order valence-corrected chi connectivity index (χ3v) is 1.77. The lowest BCUT2D eigenvalue weighted by atomic mass is 10.1. The van der Waals surface area contributed by atoms with E-state index in [2.05, 4.69) is 0 Å². The summed E-state index contributed by atoms with van der Waals surface area (Å²) < 4.78 is 5.18. The average molecular weight is 205 g/mol. The van der Waals surface area contributed by atoms with Crippen LogP contribution < -0.4 is 0 Å². The van der Waals surface area contributed by atoms with E-state index in [0.29, 0.717) is 0 Å². The molecular formula is C13H17O2. The summed E-state index contributed by atoms with van der Waals surface area (Å²) in [6, 6.07) is 7.74. The molecule has 81 valence electrons. The first-order valence-electron chi connectivity index (χ1n) is 5.01. The molecule has 0 aliphatic rings. The molecule has 0 aromatic heterocycles. The molecule has 0 fully saturated rings. The third kappa shape index (κ3) is 4.63. The molecule has 15 heavy (non-hydrogen) atoms. The van der Waals surface area contributed by atoms with Gasteiger partial charge in [0.15, 0.2) is 0 Å². The van der Waals surface area contributed by atoms with E-state index >= 15 is 0 Å². The second-order valence-corrected chi connectivity index (χ2v) is 4.59. The molecule has 0 saturated carbocycles. The highest BCUT2D eigenvalue weighted by molar-refractivity contribution is 5.83. The minimum Gasteiger partial charge on any atom is -0.459 e. The van der Waals surface area contributed by atoms with Crippen LogP contribution in [-0.2, 0) is 9.53 Å². The van der Waals surface area contributed by atoms with Gasteiger partial charge in [-0.3, -0.25) is 4.79 Å². The van der Waals surface area contributed by atoms with E-state index in [1.165, 1.54) is 12.0 Å². The normalized spacial score (nSPS) is 11.2. The maximum Gasteiger partial charge on any atom is 0.315 e. The molecule has 0 heterocycles. The van der Waals surface area contributed by atoms with Crippen molar-refractivity contribution in [2.75, 3.05) is 0 Å². The Balaban J connectivity index is 2.55. The fourth-order valence-corrected chi connectivity index (χ4v) is 1.13. The first-order valence-corrected chi connectivity index (χ1v) is 5.01. The van der Waals surface area contributed by atoms with E-state index in [0.717, 1.165) is 5.56 Å². The monoisotopic (exact) mass is 205 g/mol. The Kier molecular flexibility index (Phi) is 3.51. The Morgan fingerprint density at radius 1 is 1.20 bits per heavy atom. The van der Waals surface area contributed by atoms with Gasteiger partial charge in [-0.2, -0.15) is 0 Å². The molecule has 1 radical (unpaired) electrons. The highest BCUT2D eigenvalue weighted by Crippen LogP contribution is 2.11. The Bertz CT molecular complexity index is 331. The Morgan fingerprint density at radius 3 is 2.20 bits per heavy atom. The lowest BCUT2D eigenvalue weighted by Crippen LogP contribution is -2.24. The Morgan fingerprint density at radius 2 is 1.73 bits per heavy atom. The minimum atomic E-state index is -0.432. The highest BCUT2D eigenvalue weighted by Gasteiger charge is 2.16. The summed E-state index contributed by atoms with van der Waals surface area (Å²) in [5, 5.41) is 0. The molecule has 0 aliphatic heterocycles. The number of ether oxygens (including phenoxy) is 1. The van der Waals surface area contributed by atoms with Crippen LogP contribution in [0.1, 0.15) is 31.9 Å². The summed E-state index contributed by atoms with van der Waals surface area (Å²) >= 11 is 0. The molecule has 0 amide bonds. The standard InChI is InChI=1S/C13H17O2/c1-10-5-7-11(8-6-10)9-12(14)15-13(2,3)4/h5-9H,1-4H3. The van der Waals surface area contributed by atoms with Crippen LogP contribution in [0.3, 0.4) is 0 Å². The van der Waals surface area contributed by atoms with Gasteiger partial charge in [0.05, 0.1) is 6.42 Å². The number of benzene rings is 1. The molecule has 0 spiro atoms. The number of rotatable bonds is 2. The van der Waals surface area contributed by atoms with Crippen molar-refractivity contribution in [3.05, 3.63) is 41.8 Å². The predicted octanol–water partition coefficient (Wildman–Crippen LogP) is 2.89. The molecule has 0 bridgehead atoms. The molecule has 1 aromatic rings. The smallest absolute Gasteiger partial charge is 0.315 e. The lowest BCUT2D eigenvalue weighted by molar-refractivity contribution is -0.149. The molecule has 2 nitrogen and oxygen atoms in total. The quantitative estimate of drug-likeness (QED) is 0.694. The number of carbonyl (C=O) groups excluding carboxylic acids is 1. The van der Waals surface area contributed by atoms with Crippen LogP contribution in [0, 0.1) is 13.3 Å². The van der Waals surface area contributed by atoms with Crippen molar-refractivity contribution in [1.82, 2.24) is 0 Å². The van der Waals surface area contributed by atoms with E-state index in [4.69, 9.17) is 4.74 Å². The summed E-state index contributed by atoms with van der Waals surface area (Å²) in [4.78, 5) is 11.4. The Hall–Kier alpha value is -1.31. The number of hydrogen-bond donors (Lipinski definition) is 0. The van der Waals surface area contributed by atoms with E-state index in [-0.39, 0.29) is 5.97 Å². The fraction of sp³-hybridized carbons (Fsp3) is 0.385.